The summed E-state index contributed by atoms with van der Waals surface area (Å²) in [6.07, 6.45) is 6.47. The van der Waals surface area contributed by atoms with Crippen LogP contribution in [0.25, 0.3) is 0 Å². The molecule has 1 saturated heterocycles. The van der Waals surface area contributed by atoms with E-state index in [9.17, 15) is 0 Å². The maximum atomic E-state index is 6.06. The molecule has 3 rings (SSSR count). The molecule has 106 valence electrons. The molecule has 2 unspecified atom stereocenters. The molecule has 2 aromatic rings. The second-order valence-corrected chi connectivity index (χ2v) is 5.51. The standard InChI is InChI=1S/C16H22N4/c1-19-12-14(11-18-19)16(10-17)20-9-5-8-15(20)13-6-3-2-4-7-13/h2-4,6-7,11-12,15-16H,5,8-10,17H2,1H3. The van der Waals surface area contributed by atoms with Gasteiger partial charge < -0.3 is 5.73 Å². The van der Waals surface area contributed by atoms with Crippen LogP contribution in [-0.4, -0.2) is 27.8 Å². The minimum Gasteiger partial charge on any atom is -0.329 e. The lowest BCUT2D eigenvalue weighted by Crippen LogP contribution is -2.33. The number of nitrogens with zero attached hydrogens (tertiary/aromatic N) is 3. The highest BCUT2D eigenvalue weighted by Gasteiger charge is 2.32. The third-order valence-corrected chi connectivity index (χ3v) is 4.21. The maximum absolute atomic E-state index is 6.06. The number of aryl methyl sites for hydroxylation is 1. The summed E-state index contributed by atoms with van der Waals surface area (Å²) < 4.78 is 1.85. The number of hydrogen-bond donors (Lipinski definition) is 1. The normalized spacial score (nSPS) is 21.2. The van der Waals surface area contributed by atoms with Gasteiger partial charge in [-0.2, -0.15) is 5.10 Å². The third kappa shape index (κ3) is 2.49. The van der Waals surface area contributed by atoms with Gasteiger partial charge >= 0.3 is 0 Å². The Morgan fingerprint density at radius 3 is 2.80 bits per heavy atom. The van der Waals surface area contributed by atoms with Crippen molar-refractivity contribution < 1.29 is 0 Å². The predicted octanol–water partition coefficient (Wildman–Crippen LogP) is 2.26. The number of aromatic nitrogens is 2. The molecule has 0 radical (unpaired) electrons. The first-order chi connectivity index (χ1) is 9.79. The molecule has 4 heteroatoms. The average molecular weight is 270 g/mol. The SMILES string of the molecule is Cn1cc(C(CN)N2CCCC2c2ccccc2)cn1. The first kappa shape index (κ1) is 13.3. The van der Waals surface area contributed by atoms with Crippen LogP contribution in [0.3, 0.4) is 0 Å². The molecule has 1 aromatic heterocycles. The fraction of sp³-hybridized carbons (Fsp3) is 0.438. The molecule has 1 aliphatic heterocycles. The smallest absolute Gasteiger partial charge is 0.0538 e. The zero-order chi connectivity index (χ0) is 13.9. The number of benzene rings is 1. The Hall–Kier alpha value is -1.65. The van der Waals surface area contributed by atoms with Crippen LogP contribution in [0, 0.1) is 0 Å². The van der Waals surface area contributed by atoms with Gasteiger partial charge in [0, 0.05) is 31.4 Å². The van der Waals surface area contributed by atoms with Crippen molar-refractivity contribution in [1.29, 1.82) is 0 Å². The van der Waals surface area contributed by atoms with E-state index in [0.29, 0.717) is 12.6 Å². The molecule has 0 amide bonds. The van der Waals surface area contributed by atoms with E-state index in [1.54, 1.807) is 0 Å². The van der Waals surface area contributed by atoms with Crippen molar-refractivity contribution in [3.8, 4) is 0 Å². The molecule has 4 nitrogen and oxygen atoms in total. The third-order valence-electron chi connectivity index (χ3n) is 4.21. The van der Waals surface area contributed by atoms with Gasteiger partial charge in [-0.3, -0.25) is 9.58 Å². The second-order valence-electron chi connectivity index (χ2n) is 5.51. The van der Waals surface area contributed by atoms with Gasteiger partial charge in [-0.05, 0) is 24.9 Å². The van der Waals surface area contributed by atoms with Crippen molar-refractivity contribution in [3.05, 3.63) is 53.9 Å². The Bertz CT molecular complexity index is 549. The summed E-state index contributed by atoms with van der Waals surface area (Å²) in [7, 11) is 1.95. The Kier molecular flexibility index (Phi) is 3.85. The van der Waals surface area contributed by atoms with Crippen LogP contribution in [0.15, 0.2) is 42.7 Å². The summed E-state index contributed by atoms with van der Waals surface area (Å²) in [6.45, 7) is 1.74. The quantitative estimate of drug-likeness (QED) is 0.927. The molecule has 0 aliphatic carbocycles. The number of hydrogen-bond acceptors (Lipinski definition) is 3. The van der Waals surface area contributed by atoms with Crippen molar-refractivity contribution in [2.45, 2.75) is 24.9 Å². The van der Waals surface area contributed by atoms with E-state index in [-0.39, 0.29) is 6.04 Å². The summed E-state index contributed by atoms with van der Waals surface area (Å²) in [4.78, 5) is 2.53. The average Bonchev–Trinajstić information content (AvgIpc) is 3.11. The van der Waals surface area contributed by atoms with Crippen LogP contribution in [0.4, 0.5) is 0 Å². The first-order valence-corrected chi connectivity index (χ1v) is 7.29. The molecule has 20 heavy (non-hydrogen) atoms. The van der Waals surface area contributed by atoms with Gasteiger partial charge in [0.05, 0.1) is 12.2 Å². The van der Waals surface area contributed by atoms with E-state index < -0.39 is 0 Å². The molecule has 0 bridgehead atoms. The molecule has 1 aromatic carbocycles. The van der Waals surface area contributed by atoms with E-state index in [1.807, 2.05) is 17.9 Å². The lowest BCUT2D eigenvalue weighted by molar-refractivity contribution is 0.185. The van der Waals surface area contributed by atoms with Gasteiger partial charge in [-0.25, -0.2) is 0 Å². The zero-order valence-corrected chi connectivity index (χ0v) is 11.9. The van der Waals surface area contributed by atoms with Crippen LogP contribution in [-0.2, 0) is 7.05 Å². The van der Waals surface area contributed by atoms with Crippen molar-refractivity contribution in [2.24, 2.45) is 12.8 Å². The van der Waals surface area contributed by atoms with Crippen molar-refractivity contribution in [1.82, 2.24) is 14.7 Å². The van der Waals surface area contributed by atoms with E-state index >= 15 is 0 Å². The molecule has 1 fully saturated rings. The van der Waals surface area contributed by atoms with Crippen molar-refractivity contribution in [3.63, 3.8) is 0 Å². The predicted molar refractivity (Wildman–Crippen MR) is 80.1 cm³/mol. The summed E-state index contributed by atoms with van der Waals surface area (Å²) in [6, 6.07) is 11.5. The molecule has 1 aliphatic rings. The van der Waals surface area contributed by atoms with Gasteiger partial charge in [0.2, 0.25) is 0 Å². The minimum absolute atomic E-state index is 0.261. The summed E-state index contributed by atoms with van der Waals surface area (Å²) in [5.74, 6) is 0. The highest BCUT2D eigenvalue weighted by Crippen LogP contribution is 2.37. The van der Waals surface area contributed by atoms with E-state index in [1.165, 1.54) is 24.0 Å². The van der Waals surface area contributed by atoms with Gasteiger partial charge in [0.15, 0.2) is 0 Å². The topological polar surface area (TPSA) is 47.1 Å². The van der Waals surface area contributed by atoms with Crippen LogP contribution >= 0.6 is 0 Å². The van der Waals surface area contributed by atoms with Crippen LogP contribution in [0.1, 0.15) is 36.1 Å². The van der Waals surface area contributed by atoms with E-state index in [4.69, 9.17) is 5.73 Å². The van der Waals surface area contributed by atoms with Gasteiger partial charge in [0.1, 0.15) is 0 Å². The molecule has 0 saturated carbocycles. The molecule has 2 atom stereocenters. The lowest BCUT2D eigenvalue weighted by atomic mass is 10.0. The van der Waals surface area contributed by atoms with Crippen LogP contribution in [0.5, 0.6) is 0 Å². The lowest BCUT2D eigenvalue weighted by Gasteiger charge is -2.32. The Labute approximate surface area is 120 Å². The largest absolute Gasteiger partial charge is 0.329 e. The number of rotatable bonds is 4. The Morgan fingerprint density at radius 2 is 2.15 bits per heavy atom. The van der Waals surface area contributed by atoms with Crippen LogP contribution in [0.2, 0.25) is 0 Å². The molecule has 0 spiro atoms. The van der Waals surface area contributed by atoms with Gasteiger partial charge in [-0.1, -0.05) is 30.3 Å². The Balaban J connectivity index is 1.87. The number of likely N-dealkylation sites (tertiary alicyclic amines) is 1. The van der Waals surface area contributed by atoms with E-state index in [0.717, 1.165) is 6.54 Å². The monoisotopic (exact) mass is 270 g/mol. The minimum atomic E-state index is 0.261. The molecular weight excluding hydrogens is 248 g/mol. The summed E-state index contributed by atoms with van der Waals surface area (Å²) in [5, 5.41) is 4.29. The molecule has 2 heterocycles. The molecular formula is C16H22N4. The second kappa shape index (κ2) is 5.77. The molecule has 2 N–H and O–H groups in total. The highest BCUT2D eigenvalue weighted by molar-refractivity contribution is 5.22. The maximum Gasteiger partial charge on any atom is 0.0538 e. The van der Waals surface area contributed by atoms with Crippen molar-refractivity contribution in [2.75, 3.05) is 13.1 Å². The van der Waals surface area contributed by atoms with Crippen LogP contribution < -0.4 is 5.73 Å². The fourth-order valence-corrected chi connectivity index (χ4v) is 3.27. The summed E-state index contributed by atoms with van der Waals surface area (Å²) >= 11 is 0. The number of nitrogens with two attached hydrogens (primary N) is 1. The fourth-order valence-electron chi connectivity index (χ4n) is 3.27. The Morgan fingerprint density at radius 1 is 1.35 bits per heavy atom. The van der Waals surface area contributed by atoms with Crippen molar-refractivity contribution >= 4 is 0 Å². The zero-order valence-electron chi connectivity index (χ0n) is 11.9. The highest BCUT2D eigenvalue weighted by atomic mass is 15.3. The van der Waals surface area contributed by atoms with Gasteiger partial charge in [-0.15, -0.1) is 0 Å². The summed E-state index contributed by atoms with van der Waals surface area (Å²) in [5.41, 5.74) is 8.67. The first-order valence-electron chi connectivity index (χ1n) is 7.29. The van der Waals surface area contributed by atoms with Gasteiger partial charge in [0.25, 0.3) is 0 Å². The van der Waals surface area contributed by atoms with E-state index in [2.05, 4.69) is 46.5 Å².